The van der Waals surface area contributed by atoms with Gasteiger partial charge in [-0.05, 0) is 25.7 Å². The summed E-state index contributed by atoms with van der Waals surface area (Å²) in [6, 6.07) is 0. The van der Waals surface area contributed by atoms with E-state index in [9.17, 15) is 59.9 Å². The summed E-state index contributed by atoms with van der Waals surface area (Å²) in [6.45, 7) is 2.92. The number of aliphatic hydroxyl groups excluding tert-OH is 8. The van der Waals surface area contributed by atoms with Crippen molar-refractivity contribution in [3.63, 3.8) is 0 Å². The minimum Gasteiger partial charge on any atom is -0.462 e. The van der Waals surface area contributed by atoms with Crippen LogP contribution in [0.3, 0.4) is 0 Å². The molecule has 384 valence electrons. The van der Waals surface area contributed by atoms with E-state index in [2.05, 4.69) is 13.8 Å². The Kier molecular flexibility index (Phi) is 36.0. The Morgan fingerprint density at radius 2 is 0.970 bits per heavy atom. The van der Waals surface area contributed by atoms with Crippen molar-refractivity contribution in [3.8, 4) is 0 Å². The van der Waals surface area contributed by atoms with Crippen molar-refractivity contribution in [1.82, 2.24) is 0 Å². The van der Waals surface area contributed by atoms with Crippen LogP contribution in [0.1, 0.15) is 174 Å². The molecule has 0 spiro atoms. The van der Waals surface area contributed by atoms with Crippen LogP contribution in [0, 0.1) is 0 Å². The third kappa shape index (κ3) is 30.2. The van der Waals surface area contributed by atoms with Crippen molar-refractivity contribution in [1.29, 1.82) is 0 Å². The SMILES string of the molecule is CCCCCCCCCCCCCCCCCCCC(=O)O[C@H](COC(=O)CCC[C@@H](O)[C@H](O)/C=C/C=C/C=C\C=C\[C@H](O)CCCCC)COP(=O)(O)OC1[C@H](O)[C@H](O)C(O)[C@H](O)[C@H]1O. The number of carbonyl (C=O) groups is 2. The molecule has 1 rings (SSSR count). The number of hydrogen-bond donors (Lipinski definition) is 9. The summed E-state index contributed by atoms with van der Waals surface area (Å²) in [5, 5.41) is 80.8. The van der Waals surface area contributed by atoms with Crippen LogP contribution in [0.15, 0.2) is 48.6 Å². The second-order valence-corrected chi connectivity index (χ2v) is 18.9. The molecule has 1 saturated carbocycles. The Hall–Kier alpha value is -2.31. The van der Waals surface area contributed by atoms with Crippen molar-refractivity contribution in [2.45, 2.75) is 235 Å². The summed E-state index contributed by atoms with van der Waals surface area (Å²) in [5.41, 5.74) is 0. The van der Waals surface area contributed by atoms with Gasteiger partial charge in [-0.15, -0.1) is 0 Å². The van der Waals surface area contributed by atoms with E-state index in [0.717, 1.165) is 51.4 Å². The van der Waals surface area contributed by atoms with E-state index in [0.29, 0.717) is 6.42 Å². The first-order valence-corrected chi connectivity index (χ1v) is 26.3. The molecule has 1 aliphatic carbocycles. The molecule has 0 aromatic carbocycles. The van der Waals surface area contributed by atoms with Crippen LogP contribution in [-0.4, -0.2) is 132 Å². The molecule has 0 heterocycles. The predicted molar refractivity (Wildman–Crippen MR) is 253 cm³/mol. The number of carbonyl (C=O) groups excluding carboxylic acids is 2. The zero-order chi connectivity index (χ0) is 49.0. The molecular formula is C49H87O16P. The smallest absolute Gasteiger partial charge is 0.462 e. The van der Waals surface area contributed by atoms with E-state index >= 15 is 0 Å². The molecule has 17 heteroatoms. The summed E-state index contributed by atoms with van der Waals surface area (Å²) >= 11 is 0. The van der Waals surface area contributed by atoms with Gasteiger partial charge in [-0.1, -0.05) is 184 Å². The Morgan fingerprint density at radius 3 is 1.50 bits per heavy atom. The van der Waals surface area contributed by atoms with E-state index < -0.39 is 94.0 Å². The molecule has 0 aromatic heterocycles. The molecule has 3 unspecified atom stereocenters. The molecule has 0 saturated heterocycles. The summed E-state index contributed by atoms with van der Waals surface area (Å²) in [5.74, 6) is -1.43. The average Bonchev–Trinajstić information content (AvgIpc) is 3.29. The first-order valence-electron chi connectivity index (χ1n) is 24.8. The predicted octanol–water partition coefficient (Wildman–Crippen LogP) is 6.86. The van der Waals surface area contributed by atoms with Crippen LogP contribution < -0.4 is 0 Å². The minimum absolute atomic E-state index is 0.0255. The zero-order valence-corrected chi connectivity index (χ0v) is 40.7. The van der Waals surface area contributed by atoms with Crippen LogP contribution in [0.4, 0.5) is 0 Å². The van der Waals surface area contributed by atoms with E-state index in [1.165, 1.54) is 83.1 Å². The third-order valence-corrected chi connectivity index (χ3v) is 12.5. The third-order valence-electron chi connectivity index (χ3n) is 11.5. The Morgan fingerprint density at radius 1 is 0.530 bits per heavy atom. The highest BCUT2D eigenvalue weighted by atomic mass is 31.2. The first kappa shape index (κ1) is 61.7. The molecule has 9 N–H and O–H groups in total. The van der Waals surface area contributed by atoms with Gasteiger partial charge < -0.3 is 55.2 Å². The number of phosphoric acid groups is 1. The summed E-state index contributed by atoms with van der Waals surface area (Å²) in [7, 11) is -5.20. The maximum atomic E-state index is 12.8. The lowest BCUT2D eigenvalue weighted by molar-refractivity contribution is -0.220. The molecule has 11 atom stereocenters. The lowest BCUT2D eigenvalue weighted by Crippen LogP contribution is -2.64. The van der Waals surface area contributed by atoms with Crippen LogP contribution in [0.25, 0.3) is 0 Å². The zero-order valence-electron chi connectivity index (χ0n) is 39.8. The fourth-order valence-corrected chi connectivity index (χ4v) is 8.35. The summed E-state index contributed by atoms with van der Waals surface area (Å²) in [6.07, 6.45) is 20.7. The minimum atomic E-state index is -5.20. The molecule has 1 fully saturated rings. The van der Waals surface area contributed by atoms with E-state index in [-0.39, 0.29) is 25.7 Å². The van der Waals surface area contributed by atoms with Crippen LogP contribution in [0.2, 0.25) is 0 Å². The number of unbranched alkanes of at least 4 members (excludes halogenated alkanes) is 18. The molecule has 0 amide bonds. The van der Waals surface area contributed by atoms with Crippen molar-refractivity contribution in [2.75, 3.05) is 13.2 Å². The standard InChI is InChI=1S/C49H87O16P/c1-3-5-7-8-9-10-11-12-13-14-15-16-17-18-19-24-28-34-43(54)64-39(37-63-66(60,61)65-49-47(58)45(56)44(55)46(57)48(49)59)36-62-42(53)35-29-33-41(52)40(51)32-27-23-21-20-22-26-31-38(50)30-25-6-4-2/h20-23,26-27,31-32,38-41,44-52,55-59H,3-19,24-25,28-30,33-37H2,1-2H3,(H,60,61)/b22-20-,23-21+,31-26+,32-27+/t38-,39-,40-,41-,44?,45-,46+,47-,48-,49?/m1/s1. The Bertz CT molecular complexity index is 1390. The van der Waals surface area contributed by atoms with Crippen LogP contribution in [-0.2, 0) is 32.7 Å². The number of rotatable bonds is 40. The number of esters is 2. The number of aliphatic hydroxyl groups is 8. The number of ether oxygens (including phenoxy) is 2. The van der Waals surface area contributed by atoms with Crippen molar-refractivity contribution >= 4 is 19.8 Å². The van der Waals surface area contributed by atoms with Gasteiger partial charge in [0.2, 0.25) is 0 Å². The molecule has 0 radical (unpaired) electrons. The molecule has 1 aliphatic rings. The van der Waals surface area contributed by atoms with Gasteiger partial charge in [0.1, 0.15) is 43.2 Å². The van der Waals surface area contributed by atoms with Gasteiger partial charge in [0.15, 0.2) is 6.10 Å². The summed E-state index contributed by atoms with van der Waals surface area (Å²) in [4.78, 5) is 35.8. The fraction of sp³-hybridized carbons (Fsp3) is 0.796. The van der Waals surface area contributed by atoms with E-state index in [1.807, 2.05) is 0 Å². The molecule has 0 bridgehead atoms. The van der Waals surface area contributed by atoms with Gasteiger partial charge in [0.05, 0.1) is 24.9 Å². The highest BCUT2D eigenvalue weighted by molar-refractivity contribution is 7.47. The van der Waals surface area contributed by atoms with Crippen molar-refractivity contribution < 1.29 is 78.4 Å². The van der Waals surface area contributed by atoms with Crippen molar-refractivity contribution in [3.05, 3.63) is 48.6 Å². The quantitative estimate of drug-likeness (QED) is 0.0131. The number of hydrogen-bond acceptors (Lipinski definition) is 15. The van der Waals surface area contributed by atoms with Gasteiger partial charge in [-0.3, -0.25) is 18.6 Å². The maximum Gasteiger partial charge on any atom is 0.472 e. The topological polar surface area (TPSA) is 270 Å². The van der Waals surface area contributed by atoms with Crippen LogP contribution in [0.5, 0.6) is 0 Å². The lowest BCUT2D eigenvalue weighted by Gasteiger charge is -2.41. The molecule has 0 aliphatic heterocycles. The number of allylic oxidation sites excluding steroid dienone is 6. The number of phosphoric ester groups is 1. The van der Waals surface area contributed by atoms with E-state index in [4.69, 9.17) is 18.5 Å². The molecule has 0 aromatic rings. The first-order chi connectivity index (χ1) is 31.6. The Labute approximate surface area is 394 Å². The fourth-order valence-electron chi connectivity index (χ4n) is 7.38. The highest BCUT2D eigenvalue weighted by Gasteiger charge is 2.51. The molecular weight excluding hydrogens is 875 g/mol. The van der Waals surface area contributed by atoms with Gasteiger partial charge in [0.25, 0.3) is 0 Å². The maximum absolute atomic E-state index is 12.8. The van der Waals surface area contributed by atoms with Crippen LogP contribution >= 0.6 is 7.82 Å². The Balaban J connectivity index is 2.57. The van der Waals surface area contributed by atoms with Crippen molar-refractivity contribution in [2.24, 2.45) is 0 Å². The van der Waals surface area contributed by atoms with Gasteiger partial charge >= 0.3 is 19.8 Å². The van der Waals surface area contributed by atoms with Gasteiger partial charge in [0, 0.05) is 12.8 Å². The highest BCUT2D eigenvalue weighted by Crippen LogP contribution is 2.47. The lowest BCUT2D eigenvalue weighted by atomic mass is 9.85. The largest absolute Gasteiger partial charge is 0.472 e. The normalized spacial score (nSPS) is 23.1. The van der Waals surface area contributed by atoms with Gasteiger partial charge in [-0.25, -0.2) is 4.57 Å². The second-order valence-electron chi connectivity index (χ2n) is 17.5. The van der Waals surface area contributed by atoms with E-state index in [1.54, 1.807) is 42.5 Å². The molecule has 66 heavy (non-hydrogen) atoms. The average molecular weight is 963 g/mol. The molecule has 16 nitrogen and oxygen atoms in total. The monoisotopic (exact) mass is 963 g/mol. The second kappa shape index (κ2) is 38.5. The van der Waals surface area contributed by atoms with Gasteiger partial charge in [-0.2, -0.15) is 0 Å². The summed E-state index contributed by atoms with van der Waals surface area (Å²) < 4.78 is 33.4.